The van der Waals surface area contributed by atoms with Crippen LogP contribution in [0.4, 0.5) is 16.2 Å². The van der Waals surface area contributed by atoms with Crippen LogP contribution in [0.5, 0.6) is 0 Å². The molecule has 1 aromatic carbocycles. The number of carboxylic acid groups (broad SMARTS) is 1. The first-order valence-corrected chi connectivity index (χ1v) is 6.96. The van der Waals surface area contributed by atoms with Crippen molar-refractivity contribution in [1.82, 2.24) is 5.32 Å². The molecule has 1 aliphatic carbocycles. The zero-order chi connectivity index (χ0) is 15.4. The minimum Gasteiger partial charge on any atom is -0.465 e. The molecule has 0 aliphatic heterocycles. The van der Waals surface area contributed by atoms with E-state index in [1.165, 1.54) is 0 Å². The summed E-state index contributed by atoms with van der Waals surface area (Å²) >= 11 is 0. The van der Waals surface area contributed by atoms with Crippen molar-refractivity contribution in [2.24, 2.45) is 0 Å². The summed E-state index contributed by atoms with van der Waals surface area (Å²) < 4.78 is 0. The number of rotatable bonds is 4. The van der Waals surface area contributed by atoms with Crippen LogP contribution in [0.25, 0.3) is 0 Å². The number of carbonyl (C=O) groups is 1. The van der Waals surface area contributed by atoms with Gasteiger partial charge < -0.3 is 15.7 Å². The minimum atomic E-state index is -0.999. The zero-order valence-corrected chi connectivity index (χ0v) is 11.8. The van der Waals surface area contributed by atoms with Crippen molar-refractivity contribution in [2.75, 3.05) is 5.32 Å². The van der Waals surface area contributed by atoms with Gasteiger partial charge in [0.1, 0.15) is 5.69 Å². The Morgan fingerprint density at radius 3 is 2.48 bits per heavy atom. The molecule has 114 valence electrons. The van der Waals surface area contributed by atoms with E-state index in [9.17, 15) is 14.9 Å². The Hall–Kier alpha value is -2.31. The van der Waals surface area contributed by atoms with Gasteiger partial charge in [0.25, 0.3) is 5.69 Å². The quantitative estimate of drug-likeness (QED) is 0.585. The fraction of sp³-hybridized carbons (Fsp3) is 0.500. The van der Waals surface area contributed by atoms with E-state index in [-0.39, 0.29) is 22.7 Å². The highest BCUT2D eigenvalue weighted by molar-refractivity contribution is 5.65. The lowest BCUT2D eigenvalue weighted by atomic mass is 9.91. The van der Waals surface area contributed by atoms with Crippen molar-refractivity contribution in [3.8, 4) is 0 Å². The first kappa shape index (κ1) is 15.1. The molecule has 0 aromatic heterocycles. The number of hydrogen-bond donors (Lipinski definition) is 3. The second-order valence-electron chi connectivity index (χ2n) is 5.42. The van der Waals surface area contributed by atoms with Gasteiger partial charge in [0, 0.05) is 18.2 Å². The predicted octanol–water partition coefficient (Wildman–Crippen LogP) is 2.89. The van der Waals surface area contributed by atoms with Crippen LogP contribution in [-0.4, -0.2) is 28.2 Å². The predicted molar refractivity (Wildman–Crippen MR) is 78.7 cm³/mol. The molecule has 0 spiro atoms. The molecule has 1 aromatic rings. The Bertz CT molecular complexity index is 539. The van der Waals surface area contributed by atoms with Gasteiger partial charge in [0.05, 0.1) is 4.92 Å². The van der Waals surface area contributed by atoms with E-state index in [0.29, 0.717) is 5.69 Å². The molecule has 7 nitrogen and oxygen atoms in total. The number of anilines is 1. The molecule has 0 heterocycles. The molecule has 1 fully saturated rings. The molecule has 2 rings (SSSR count). The molecule has 21 heavy (non-hydrogen) atoms. The maximum Gasteiger partial charge on any atom is 0.404 e. The van der Waals surface area contributed by atoms with E-state index in [4.69, 9.17) is 5.11 Å². The Labute approximate surface area is 122 Å². The molecule has 0 unspecified atom stereocenters. The number of amides is 1. The number of nitrogens with one attached hydrogen (secondary N) is 2. The summed E-state index contributed by atoms with van der Waals surface area (Å²) in [6.07, 6.45) is 2.06. The summed E-state index contributed by atoms with van der Waals surface area (Å²) in [6, 6.07) is 5.24. The largest absolute Gasteiger partial charge is 0.465 e. The number of nitro benzene ring substituents is 1. The molecule has 0 radical (unpaired) electrons. The lowest BCUT2D eigenvalue weighted by Gasteiger charge is -2.29. The van der Waals surface area contributed by atoms with E-state index in [1.54, 1.807) is 12.1 Å². The summed E-state index contributed by atoms with van der Waals surface area (Å²) in [5, 5.41) is 25.5. The van der Waals surface area contributed by atoms with Crippen molar-refractivity contribution >= 4 is 17.5 Å². The third kappa shape index (κ3) is 4.08. The number of benzene rings is 1. The molecule has 7 heteroatoms. The van der Waals surface area contributed by atoms with Crippen LogP contribution in [0.15, 0.2) is 18.2 Å². The van der Waals surface area contributed by atoms with E-state index >= 15 is 0 Å². The fourth-order valence-corrected chi connectivity index (χ4v) is 2.69. The summed E-state index contributed by atoms with van der Waals surface area (Å²) in [5.41, 5.74) is 1.46. The van der Waals surface area contributed by atoms with Crippen molar-refractivity contribution in [1.29, 1.82) is 0 Å². The van der Waals surface area contributed by atoms with Crippen LogP contribution >= 0.6 is 0 Å². The van der Waals surface area contributed by atoms with E-state index in [0.717, 1.165) is 31.2 Å². The maximum atomic E-state index is 11.1. The molecule has 0 atom stereocenters. The van der Waals surface area contributed by atoms with Crippen LogP contribution < -0.4 is 10.6 Å². The zero-order valence-electron chi connectivity index (χ0n) is 11.8. The molecule has 1 aliphatic rings. The Morgan fingerprint density at radius 2 is 1.90 bits per heavy atom. The third-order valence-corrected chi connectivity index (χ3v) is 3.76. The number of nitro groups is 1. The highest BCUT2D eigenvalue weighted by atomic mass is 16.6. The average molecular weight is 293 g/mol. The standard InChI is InChI=1S/C14H19N3O4/c1-9-2-7-12(13(8-9)17(20)21)15-10-3-5-11(6-4-10)16-14(18)19/h2,7-8,10-11,15-16H,3-6H2,1H3,(H,18,19). The molecular formula is C14H19N3O4. The summed E-state index contributed by atoms with van der Waals surface area (Å²) in [4.78, 5) is 21.3. The van der Waals surface area contributed by atoms with Gasteiger partial charge in [-0.3, -0.25) is 10.1 Å². The Kier molecular flexibility index (Phi) is 4.62. The van der Waals surface area contributed by atoms with Gasteiger partial charge in [0.2, 0.25) is 0 Å². The summed E-state index contributed by atoms with van der Waals surface area (Å²) in [5.74, 6) is 0. The van der Waals surface area contributed by atoms with Crippen LogP contribution in [0.2, 0.25) is 0 Å². The summed E-state index contributed by atoms with van der Waals surface area (Å²) in [6.45, 7) is 1.82. The van der Waals surface area contributed by atoms with Gasteiger partial charge in [0.15, 0.2) is 0 Å². The fourth-order valence-electron chi connectivity index (χ4n) is 2.69. The van der Waals surface area contributed by atoms with E-state index < -0.39 is 6.09 Å². The smallest absolute Gasteiger partial charge is 0.404 e. The van der Waals surface area contributed by atoms with Gasteiger partial charge in [-0.05, 0) is 44.2 Å². The van der Waals surface area contributed by atoms with Gasteiger partial charge in [-0.2, -0.15) is 0 Å². The monoisotopic (exact) mass is 293 g/mol. The molecular weight excluding hydrogens is 274 g/mol. The van der Waals surface area contributed by atoms with Gasteiger partial charge >= 0.3 is 6.09 Å². The van der Waals surface area contributed by atoms with Crippen molar-refractivity contribution < 1.29 is 14.8 Å². The van der Waals surface area contributed by atoms with Crippen molar-refractivity contribution in [2.45, 2.75) is 44.7 Å². The van der Waals surface area contributed by atoms with Crippen LogP contribution in [0.1, 0.15) is 31.2 Å². The van der Waals surface area contributed by atoms with E-state index in [2.05, 4.69) is 10.6 Å². The number of hydrogen-bond acceptors (Lipinski definition) is 4. The highest BCUT2D eigenvalue weighted by Crippen LogP contribution is 2.29. The first-order valence-electron chi connectivity index (χ1n) is 6.96. The third-order valence-electron chi connectivity index (χ3n) is 3.76. The molecule has 1 amide bonds. The Morgan fingerprint density at radius 1 is 1.29 bits per heavy atom. The molecule has 1 saturated carbocycles. The van der Waals surface area contributed by atoms with Gasteiger partial charge in [-0.15, -0.1) is 0 Å². The maximum absolute atomic E-state index is 11.1. The minimum absolute atomic E-state index is 0.0199. The van der Waals surface area contributed by atoms with E-state index in [1.807, 2.05) is 13.0 Å². The van der Waals surface area contributed by atoms with Gasteiger partial charge in [-0.1, -0.05) is 6.07 Å². The first-order chi connectivity index (χ1) is 9.95. The lowest BCUT2D eigenvalue weighted by molar-refractivity contribution is -0.384. The van der Waals surface area contributed by atoms with Crippen LogP contribution in [-0.2, 0) is 0 Å². The topological polar surface area (TPSA) is 104 Å². The average Bonchev–Trinajstić information content (AvgIpc) is 2.42. The summed E-state index contributed by atoms with van der Waals surface area (Å²) in [7, 11) is 0. The number of nitrogens with zero attached hydrogens (tertiary/aromatic N) is 1. The molecule has 0 bridgehead atoms. The van der Waals surface area contributed by atoms with Gasteiger partial charge in [-0.25, -0.2) is 4.79 Å². The van der Waals surface area contributed by atoms with Crippen molar-refractivity contribution in [3.63, 3.8) is 0 Å². The second-order valence-corrected chi connectivity index (χ2v) is 5.42. The normalized spacial score (nSPS) is 21.6. The SMILES string of the molecule is Cc1ccc(NC2CCC(NC(=O)O)CC2)c([N+](=O)[O-])c1. The molecule has 3 N–H and O–H groups in total. The van der Waals surface area contributed by atoms with Crippen LogP contribution in [0, 0.1) is 17.0 Å². The second kappa shape index (κ2) is 6.43. The molecule has 0 saturated heterocycles. The van der Waals surface area contributed by atoms with Crippen LogP contribution in [0.3, 0.4) is 0 Å². The Balaban J connectivity index is 1.97. The lowest BCUT2D eigenvalue weighted by Crippen LogP contribution is -2.39. The van der Waals surface area contributed by atoms with Crippen molar-refractivity contribution in [3.05, 3.63) is 33.9 Å². The number of aryl methyl sites for hydroxylation is 1. The highest BCUT2D eigenvalue weighted by Gasteiger charge is 2.24.